The average molecular weight is 479 g/mol. The van der Waals surface area contributed by atoms with Crippen LogP contribution in [0.1, 0.15) is 89.2 Å². The SMILES string of the molecule is C[C@H](F)C(=O)O[C@H]1CC[C@H](CCc2ccc(CC[C@H]3CC[C@H](OC(=O)[C@H](C)F)CC3)cc2)CC1. The number of ether oxygens (including phenoxy) is 2. The highest BCUT2D eigenvalue weighted by Gasteiger charge is 2.26. The fourth-order valence-corrected chi connectivity index (χ4v) is 5.21. The second-order valence-electron chi connectivity index (χ2n) is 10.3. The van der Waals surface area contributed by atoms with Crippen molar-refractivity contribution in [3.63, 3.8) is 0 Å². The number of hydrogen-bond donors (Lipinski definition) is 0. The average Bonchev–Trinajstić information content (AvgIpc) is 2.83. The van der Waals surface area contributed by atoms with E-state index < -0.39 is 24.3 Å². The summed E-state index contributed by atoms with van der Waals surface area (Å²) in [5.41, 5.74) is 2.71. The van der Waals surface area contributed by atoms with Gasteiger partial charge in [0.25, 0.3) is 0 Å². The molecule has 2 saturated carbocycles. The number of carbonyl (C=O) groups excluding carboxylic acids is 2. The van der Waals surface area contributed by atoms with Gasteiger partial charge in [0.1, 0.15) is 12.2 Å². The molecule has 2 aliphatic rings. The Balaban J connectivity index is 1.30. The number of esters is 2. The highest BCUT2D eigenvalue weighted by atomic mass is 19.1. The first kappa shape index (κ1) is 26.6. The number of halogens is 2. The van der Waals surface area contributed by atoms with Crippen LogP contribution in [-0.2, 0) is 31.9 Å². The van der Waals surface area contributed by atoms with E-state index in [-0.39, 0.29) is 12.2 Å². The molecule has 0 amide bonds. The first-order valence-electron chi connectivity index (χ1n) is 13.1. The van der Waals surface area contributed by atoms with Gasteiger partial charge in [-0.2, -0.15) is 0 Å². The molecule has 1 aromatic rings. The van der Waals surface area contributed by atoms with Crippen molar-refractivity contribution in [2.45, 2.75) is 115 Å². The third-order valence-electron chi connectivity index (χ3n) is 7.51. The van der Waals surface area contributed by atoms with Crippen molar-refractivity contribution in [2.24, 2.45) is 11.8 Å². The van der Waals surface area contributed by atoms with Gasteiger partial charge in [0.2, 0.25) is 0 Å². The summed E-state index contributed by atoms with van der Waals surface area (Å²) in [4.78, 5) is 22.8. The quantitative estimate of drug-likeness (QED) is 0.362. The van der Waals surface area contributed by atoms with Crippen LogP contribution >= 0.6 is 0 Å². The van der Waals surface area contributed by atoms with Crippen molar-refractivity contribution in [3.8, 4) is 0 Å². The lowest BCUT2D eigenvalue weighted by Gasteiger charge is -2.28. The van der Waals surface area contributed by atoms with Crippen LogP contribution in [0.5, 0.6) is 0 Å². The highest BCUT2D eigenvalue weighted by molar-refractivity contribution is 5.74. The minimum atomic E-state index is -1.54. The molecule has 190 valence electrons. The Bertz CT molecular complexity index is 696. The van der Waals surface area contributed by atoms with Crippen molar-refractivity contribution < 1.29 is 27.8 Å². The summed E-state index contributed by atoms with van der Waals surface area (Å²) in [6.45, 7) is 2.45. The zero-order valence-corrected chi connectivity index (χ0v) is 20.6. The van der Waals surface area contributed by atoms with Crippen molar-refractivity contribution in [3.05, 3.63) is 35.4 Å². The molecule has 0 bridgehead atoms. The molecule has 0 N–H and O–H groups in total. The summed E-state index contributed by atoms with van der Waals surface area (Å²) >= 11 is 0. The maximum atomic E-state index is 13.0. The molecule has 0 unspecified atom stereocenters. The molecular formula is C28H40F2O4. The van der Waals surface area contributed by atoms with Crippen molar-refractivity contribution in [2.75, 3.05) is 0 Å². The van der Waals surface area contributed by atoms with Gasteiger partial charge in [0.15, 0.2) is 12.3 Å². The van der Waals surface area contributed by atoms with Gasteiger partial charge in [0, 0.05) is 0 Å². The smallest absolute Gasteiger partial charge is 0.340 e. The van der Waals surface area contributed by atoms with E-state index >= 15 is 0 Å². The molecule has 0 heterocycles. The summed E-state index contributed by atoms with van der Waals surface area (Å²) in [5.74, 6) is -0.185. The van der Waals surface area contributed by atoms with Crippen LogP contribution in [0.3, 0.4) is 0 Å². The summed E-state index contributed by atoms with van der Waals surface area (Å²) in [6, 6.07) is 8.94. The number of carbonyl (C=O) groups is 2. The zero-order valence-electron chi connectivity index (χ0n) is 20.6. The normalized spacial score (nSPS) is 26.9. The Morgan fingerprint density at radius 1 is 0.706 bits per heavy atom. The Morgan fingerprint density at radius 2 is 1.03 bits per heavy atom. The third-order valence-corrected chi connectivity index (χ3v) is 7.51. The Labute approximate surface area is 202 Å². The van der Waals surface area contributed by atoms with E-state index in [0.717, 1.165) is 77.0 Å². The predicted octanol–water partition coefficient (Wildman–Crippen LogP) is 6.47. The molecule has 0 saturated heterocycles. The van der Waals surface area contributed by atoms with Gasteiger partial charge in [-0.15, -0.1) is 0 Å². The van der Waals surface area contributed by atoms with Gasteiger partial charge >= 0.3 is 11.9 Å². The Kier molecular flexibility index (Phi) is 10.3. The lowest BCUT2D eigenvalue weighted by molar-refractivity contribution is -0.157. The van der Waals surface area contributed by atoms with E-state index in [0.29, 0.717) is 11.8 Å². The van der Waals surface area contributed by atoms with E-state index in [1.165, 1.54) is 25.0 Å². The van der Waals surface area contributed by atoms with E-state index in [1.807, 2.05) is 0 Å². The fourth-order valence-electron chi connectivity index (χ4n) is 5.21. The number of aryl methyl sites for hydroxylation is 2. The minimum Gasteiger partial charge on any atom is -0.460 e. The first-order chi connectivity index (χ1) is 16.3. The van der Waals surface area contributed by atoms with Crippen LogP contribution in [0.4, 0.5) is 8.78 Å². The number of benzene rings is 1. The predicted molar refractivity (Wildman–Crippen MR) is 128 cm³/mol. The van der Waals surface area contributed by atoms with E-state index in [1.54, 1.807) is 0 Å². The molecule has 0 aliphatic heterocycles. The van der Waals surface area contributed by atoms with Crippen LogP contribution in [0.15, 0.2) is 24.3 Å². The van der Waals surface area contributed by atoms with E-state index in [9.17, 15) is 18.4 Å². The van der Waals surface area contributed by atoms with E-state index in [2.05, 4.69) is 24.3 Å². The molecule has 1 aromatic carbocycles. The second kappa shape index (κ2) is 13.2. The lowest BCUT2D eigenvalue weighted by Crippen LogP contribution is -2.27. The molecular weight excluding hydrogens is 438 g/mol. The molecule has 6 heteroatoms. The van der Waals surface area contributed by atoms with Crippen molar-refractivity contribution in [1.82, 2.24) is 0 Å². The summed E-state index contributed by atoms with van der Waals surface area (Å²) in [7, 11) is 0. The molecule has 2 atom stereocenters. The molecule has 0 aromatic heterocycles. The summed E-state index contributed by atoms with van der Waals surface area (Å²) < 4.78 is 36.4. The lowest BCUT2D eigenvalue weighted by atomic mass is 9.83. The first-order valence-corrected chi connectivity index (χ1v) is 13.1. The van der Waals surface area contributed by atoms with Crippen molar-refractivity contribution >= 4 is 11.9 Å². The van der Waals surface area contributed by atoms with Gasteiger partial charge in [-0.25, -0.2) is 18.4 Å². The molecule has 0 spiro atoms. The van der Waals surface area contributed by atoms with Crippen LogP contribution in [-0.4, -0.2) is 36.5 Å². The third kappa shape index (κ3) is 8.66. The monoisotopic (exact) mass is 478 g/mol. The standard InChI is InChI=1S/C28H40F2O4/c1-19(29)27(31)33-25-15-11-23(12-16-25)9-7-21-3-5-22(6-4-21)8-10-24-13-17-26(18-14-24)34-28(32)20(2)30/h3-6,19-20,23-26H,7-18H2,1-2H3/t19-,20-,23-,24-,25-,26-/m0/s1. The van der Waals surface area contributed by atoms with Crippen LogP contribution in [0.2, 0.25) is 0 Å². The summed E-state index contributed by atoms with van der Waals surface area (Å²) in [5, 5.41) is 0. The number of hydrogen-bond acceptors (Lipinski definition) is 4. The zero-order chi connectivity index (χ0) is 24.5. The van der Waals surface area contributed by atoms with Crippen LogP contribution < -0.4 is 0 Å². The fraction of sp³-hybridized carbons (Fsp3) is 0.714. The minimum absolute atomic E-state index is 0.120. The maximum absolute atomic E-state index is 13.0. The van der Waals surface area contributed by atoms with Gasteiger partial charge in [-0.3, -0.25) is 0 Å². The molecule has 34 heavy (non-hydrogen) atoms. The number of rotatable bonds is 10. The molecule has 2 fully saturated rings. The largest absolute Gasteiger partial charge is 0.460 e. The topological polar surface area (TPSA) is 52.6 Å². The molecule has 3 rings (SSSR count). The molecule has 4 nitrogen and oxygen atoms in total. The summed E-state index contributed by atoms with van der Waals surface area (Å²) in [6.07, 6.45) is 8.52. The Morgan fingerprint density at radius 3 is 1.32 bits per heavy atom. The molecule has 2 aliphatic carbocycles. The maximum Gasteiger partial charge on any atom is 0.340 e. The highest BCUT2D eigenvalue weighted by Crippen LogP contribution is 2.31. The van der Waals surface area contributed by atoms with Gasteiger partial charge in [-0.05, 0) is 114 Å². The molecule has 0 radical (unpaired) electrons. The van der Waals surface area contributed by atoms with Crippen LogP contribution in [0, 0.1) is 11.8 Å². The van der Waals surface area contributed by atoms with Crippen LogP contribution in [0.25, 0.3) is 0 Å². The van der Waals surface area contributed by atoms with Gasteiger partial charge in [0.05, 0.1) is 0 Å². The van der Waals surface area contributed by atoms with E-state index in [4.69, 9.17) is 9.47 Å². The Hall–Kier alpha value is -1.98. The van der Waals surface area contributed by atoms with Gasteiger partial charge < -0.3 is 9.47 Å². The van der Waals surface area contributed by atoms with Crippen molar-refractivity contribution in [1.29, 1.82) is 0 Å². The van der Waals surface area contributed by atoms with Gasteiger partial charge in [-0.1, -0.05) is 24.3 Å². The second-order valence-corrected chi connectivity index (χ2v) is 10.3. The number of alkyl halides is 2.